The molecule has 0 aliphatic rings. The van der Waals surface area contributed by atoms with Gasteiger partial charge in [-0.3, -0.25) is 0 Å². The second-order valence-electron chi connectivity index (χ2n) is 4.81. The fraction of sp³-hybridized carbons (Fsp3) is 1.00. The predicted molar refractivity (Wildman–Crippen MR) is 65.5 cm³/mol. The fourth-order valence-corrected chi connectivity index (χ4v) is 1.86. The van der Waals surface area contributed by atoms with Gasteiger partial charge in [0.05, 0.1) is 0 Å². The summed E-state index contributed by atoms with van der Waals surface area (Å²) >= 11 is 0.664. The number of hydrogen-bond acceptors (Lipinski definition) is 1. The SMILES string of the molecule is CSC(F)(F)CCC(C)CCCC(C)C. The summed E-state index contributed by atoms with van der Waals surface area (Å²) in [6.07, 6.45) is 5.61. The third kappa shape index (κ3) is 9.16. The number of alkyl halides is 2. The van der Waals surface area contributed by atoms with Gasteiger partial charge in [0.15, 0.2) is 0 Å². The van der Waals surface area contributed by atoms with Gasteiger partial charge in [-0.05, 0) is 24.5 Å². The van der Waals surface area contributed by atoms with Crippen molar-refractivity contribution in [2.24, 2.45) is 11.8 Å². The third-order valence-electron chi connectivity index (χ3n) is 2.71. The second kappa shape index (κ2) is 7.48. The van der Waals surface area contributed by atoms with Gasteiger partial charge in [-0.1, -0.05) is 51.8 Å². The lowest BCUT2D eigenvalue weighted by Crippen LogP contribution is -2.11. The Kier molecular flexibility index (Phi) is 7.58. The highest BCUT2D eigenvalue weighted by Crippen LogP contribution is 2.33. The first-order valence-corrected chi connectivity index (χ1v) is 7.03. The molecule has 0 spiro atoms. The first-order valence-electron chi connectivity index (χ1n) is 5.80. The molecule has 0 saturated heterocycles. The Balaban J connectivity index is 3.53. The van der Waals surface area contributed by atoms with Crippen LogP contribution >= 0.6 is 11.8 Å². The van der Waals surface area contributed by atoms with Gasteiger partial charge in [0.1, 0.15) is 0 Å². The number of rotatable bonds is 8. The van der Waals surface area contributed by atoms with E-state index in [2.05, 4.69) is 20.8 Å². The first kappa shape index (κ1) is 15.2. The van der Waals surface area contributed by atoms with E-state index in [1.165, 1.54) is 19.1 Å². The summed E-state index contributed by atoms with van der Waals surface area (Å²) in [5.74, 6) is 1.16. The van der Waals surface area contributed by atoms with Crippen LogP contribution in [0.5, 0.6) is 0 Å². The monoisotopic (exact) mass is 238 g/mol. The summed E-state index contributed by atoms with van der Waals surface area (Å²) in [4.78, 5) is 0. The van der Waals surface area contributed by atoms with Crippen LogP contribution in [0.25, 0.3) is 0 Å². The van der Waals surface area contributed by atoms with Crippen molar-refractivity contribution in [3.8, 4) is 0 Å². The molecule has 0 fully saturated rings. The summed E-state index contributed by atoms with van der Waals surface area (Å²) in [5, 5.41) is -2.52. The highest BCUT2D eigenvalue weighted by Gasteiger charge is 2.27. The molecule has 0 radical (unpaired) electrons. The van der Waals surface area contributed by atoms with Gasteiger partial charge in [-0.25, -0.2) is 0 Å². The van der Waals surface area contributed by atoms with Crippen molar-refractivity contribution in [3.05, 3.63) is 0 Å². The van der Waals surface area contributed by atoms with Crippen molar-refractivity contribution >= 4 is 11.8 Å². The molecule has 0 aromatic carbocycles. The van der Waals surface area contributed by atoms with Crippen LogP contribution in [0.4, 0.5) is 8.78 Å². The number of thioether (sulfide) groups is 1. The Labute approximate surface area is 97.2 Å². The zero-order valence-corrected chi connectivity index (χ0v) is 11.2. The van der Waals surface area contributed by atoms with Crippen molar-refractivity contribution in [2.75, 3.05) is 6.26 Å². The molecule has 0 aromatic heterocycles. The highest BCUT2D eigenvalue weighted by molar-refractivity contribution is 7.99. The van der Waals surface area contributed by atoms with Crippen molar-refractivity contribution in [3.63, 3.8) is 0 Å². The summed E-state index contributed by atoms with van der Waals surface area (Å²) in [7, 11) is 0. The lowest BCUT2D eigenvalue weighted by atomic mass is 9.96. The van der Waals surface area contributed by atoms with Crippen LogP contribution in [-0.4, -0.2) is 11.5 Å². The Morgan fingerprint density at radius 3 is 2.13 bits per heavy atom. The van der Waals surface area contributed by atoms with Crippen LogP contribution in [-0.2, 0) is 0 Å². The van der Waals surface area contributed by atoms with E-state index in [-0.39, 0.29) is 6.42 Å². The van der Waals surface area contributed by atoms with E-state index < -0.39 is 5.25 Å². The van der Waals surface area contributed by atoms with Crippen LogP contribution in [0.3, 0.4) is 0 Å². The van der Waals surface area contributed by atoms with E-state index >= 15 is 0 Å². The molecule has 1 unspecified atom stereocenters. The molecule has 0 rings (SSSR count). The zero-order chi connectivity index (χ0) is 11.9. The molecule has 0 bridgehead atoms. The van der Waals surface area contributed by atoms with Crippen molar-refractivity contribution < 1.29 is 8.78 Å². The third-order valence-corrected chi connectivity index (χ3v) is 3.51. The molecular weight excluding hydrogens is 214 g/mol. The molecular formula is C12H24F2S. The van der Waals surface area contributed by atoms with E-state index in [1.807, 2.05) is 0 Å². The van der Waals surface area contributed by atoms with E-state index in [1.54, 1.807) is 0 Å². The maximum atomic E-state index is 12.9. The maximum Gasteiger partial charge on any atom is 0.293 e. The first-order chi connectivity index (χ1) is 6.87. The fourth-order valence-electron chi connectivity index (χ4n) is 1.54. The van der Waals surface area contributed by atoms with E-state index in [0.717, 1.165) is 12.3 Å². The zero-order valence-electron chi connectivity index (χ0n) is 10.4. The quantitative estimate of drug-likeness (QED) is 0.561. The molecule has 0 aromatic rings. The van der Waals surface area contributed by atoms with Gasteiger partial charge in [0.2, 0.25) is 0 Å². The van der Waals surface area contributed by atoms with Crippen LogP contribution in [0.1, 0.15) is 52.9 Å². The van der Waals surface area contributed by atoms with Gasteiger partial charge in [-0.2, -0.15) is 8.78 Å². The van der Waals surface area contributed by atoms with Crippen molar-refractivity contribution in [1.82, 2.24) is 0 Å². The minimum atomic E-state index is -2.52. The van der Waals surface area contributed by atoms with Crippen molar-refractivity contribution in [1.29, 1.82) is 0 Å². The molecule has 0 amide bonds. The number of hydrogen-bond donors (Lipinski definition) is 0. The number of halogens is 2. The van der Waals surface area contributed by atoms with Crippen molar-refractivity contribution in [2.45, 2.75) is 58.1 Å². The van der Waals surface area contributed by atoms with E-state index in [0.29, 0.717) is 24.1 Å². The Hall–Kier alpha value is 0.210. The average Bonchev–Trinajstić information content (AvgIpc) is 2.14. The van der Waals surface area contributed by atoms with Crippen LogP contribution in [0.15, 0.2) is 0 Å². The summed E-state index contributed by atoms with van der Waals surface area (Å²) in [6, 6.07) is 0. The topological polar surface area (TPSA) is 0 Å². The minimum absolute atomic E-state index is 0.0248. The molecule has 0 nitrogen and oxygen atoms in total. The van der Waals surface area contributed by atoms with Crippen LogP contribution < -0.4 is 0 Å². The molecule has 0 N–H and O–H groups in total. The lowest BCUT2D eigenvalue weighted by molar-refractivity contribution is 0.0876. The van der Waals surface area contributed by atoms with Crippen LogP contribution in [0, 0.1) is 11.8 Å². The maximum absolute atomic E-state index is 12.9. The average molecular weight is 238 g/mol. The standard InChI is InChI=1S/C12H24F2S/c1-10(2)6-5-7-11(3)8-9-12(13,14)15-4/h10-11H,5-9H2,1-4H3. The molecule has 92 valence electrons. The van der Waals surface area contributed by atoms with Gasteiger partial charge >= 0.3 is 0 Å². The highest BCUT2D eigenvalue weighted by atomic mass is 32.2. The Morgan fingerprint density at radius 1 is 1.07 bits per heavy atom. The van der Waals surface area contributed by atoms with E-state index in [4.69, 9.17) is 0 Å². The molecule has 15 heavy (non-hydrogen) atoms. The van der Waals surface area contributed by atoms with Gasteiger partial charge in [0, 0.05) is 6.42 Å². The van der Waals surface area contributed by atoms with E-state index in [9.17, 15) is 8.78 Å². The van der Waals surface area contributed by atoms with Gasteiger partial charge in [-0.15, -0.1) is 0 Å². The molecule has 0 aliphatic heterocycles. The summed E-state index contributed by atoms with van der Waals surface area (Å²) < 4.78 is 25.9. The van der Waals surface area contributed by atoms with Gasteiger partial charge < -0.3 is 0 Å². The molecule has 0 heterocycles. The normalized spacial score (nSPS) is 14.6. The largest absolute Gasteiger partial charge is 0.293 e. The lowest BCUT2D eigenvalue weighted by Gasteiger charge is -2.17. The molecule has 0 saturated carbocycles. The van der Waals surface area contributed by atoms with Crippen LogP contribution in [0.2, 0.25) is 0 Å². The second-order valence-corrected chi connectivity index (χ2v) is 5.82. The Bertz CT molecular complexity index is 158. The molecule has 3 heteroatoms. The summed E-state index contributed by atoms with van der Waals surface area (Å²) in [5.41, 5.74) is 0. The predicted octanol–water partition coefficient (Wildman–Crippen LogP) is 5.18. The smallest absolute Gasteiger partial charge is 0.194 e. The summed E-state index contributed by atoms with van der Waals surface area (Å²) in [6.45, 7) is 6.48. The minimum Gasteiger partial charge on any atom is -0.194 e. The Morgan fingerprint density at radius 2 is 1.67 bits per heavy atom. The molecule has 1 atom stereocenters. The molecule has 0 aliphatic carbocycles. The van der Waals surface area contributed by atoms with Gasteiger partial charge in [0.25, 0.3) is 5.25 Å².